The van der Waals surface area contributed by atoms with Gasteiger partial charge in [0.25, 0.3) is 5.91 Å². The molecule has 5 rings (SSSR count). The van der Waals surface area contributed by atoms with Gasteiger partial charge >= 0.3 is 6.18 Å². The van der Waals surface area contributed by atoms with Gasteiger partial charge in [-0.05, 0) is 70.6 Å². The smallest absolute Gasteiger partial charge is 0.390 e. The number of hydrogen-bond acceptors (Lipinski definition) is 4. The molecule has 0 radical (unpaired) electrons. The third-order valence-electron chi connectivity index (χ3n) is 7.40. The average Bonchev–Trinajstić information content (AvgIpc) is 3.13. The Labute approximate surface area is 190 Å². The maximum absolute atomic E-state index is 13.9. The molecule has 2 amide bonds. The zero-order valence-electron chi connectivity index (χ0n) is 19.1. The summed E-state index contributed by atoms with van der Waals surface area (Å²) in [5.74, 6) is -0.565. The normalized spacial score (nSPS) is 31.2. The SMILES string of the molecule is CCNC(=O)C(C)(C)C=Cn1ncc(C(=O)NC2C3CC4CC2CC(O)(C4)C3)c1C(F)(F)F. The number of rotatable bonds is 6. The highest BCUT2D eigenvalue weighted by Gasteiger charge is 2.55. The zero-order chi connectivity index (χ0) is 24.2. The van der Waals surface area contributed by atoms with Crippen LogP contribution in [0.2, 0.25) is 0 Å². The van der Waals surface area contributed by atoms with Gasteiger partial charge in [-0.3, -0.25) is 9.59 Å². The van der Waals surface area contributed by atoms with E-state index in [9.17, 15) is 27.9 Å². The number of hydrogen-bond donors (Lipinski definition) is 3. The second kappa shape index (κ2) is 8.14. The average molecular weight is 469 g/mol. The Hall–Kier alpha value is -2.36. The summed E-state index contributed by atoms with van der Waals surface area (Å²) in [6, 6.07) is -0.244. The number of halogens is 3. The van der Waals surface area contributed by atoms with Gasteiger partial charge < -0.3 is 15.7 Å². The number of amides is 2. The van der Waals surface area contributed by atoms with Gasteiger partial charge in [0.05, 0.1) is 22.8 Å². The molecule has 4 fully saturated rings. The van der Waals surface area contributed by atoms with Gasteiger partial charge in [0.15, 0.2) is 5.69 Å². The minimum absolute atomic E-state index is 0.0763. The quantitative estimate of drug-likeness (QED) is 0.598. The van der Waals surface area contributed by atoms with Gasteiger partial charge in [-0.15, -0.1) is 0 Å². The van der Waals surface area contributed by atoms with Gasteiger partial charge in [0.2, 0.25) is 5.91 Å². The predicted octanol–water partition coefficient (Wildman–Crippen LogP) is 3.20. The Bertz CT molecular complexity index is 953. The Morgan fingerprint density at radius 2 is 1.88 bits per heavy atom. The van der Waals surface area contributed by atoms with Crippen LogP contribution in [-0.2, 0) is 11.0 Å². The van der Waals surface area contributed by atoms with Crippen LogP contribution in [-0.4, -0.2) is 44.9 Å². The molecule has 10 heteroatoms. The summed E-state index contributed by atoms with van der Waals surface area (Å²) in [5.41, 5.74) is -3.48. The molecule has 2 unspecified atom stereocenters. The lowest BCUT2D eigenvalue weighted by molar-refractivity contribution is -0.143. The van der Waals surface area contributed by atoms with E-state index in [0.717, 1.165) is 31.7 Å². The van der Waals surface area contributed by atoms with Crippen LogP contribution in [0.25, 0.3) is 6.20 Å². The van der Waals surface area contributed by atoms with E-state index in [2.05, 4.69) is 15.7 Å². The molecule has 4 aliphatic carbocycles. The Kier molecular flexibility index (Phi) is 5.87. The first-order chi connectivity index (χ1) is 15.3. The van der Waals surface area contributed by atoms with Crippen molar-refractivity contribution < 1.29 is 27.9 Å². The molecule has 0 aliphatic heterocycles. The van der Waals surface area contributed by atoms with Gasteiger partial charge in [-0.1, -0.05) is 6.08 Å². The summed E-state index contributed by atoms with van der Waals surface area (Å²) in [6.07, 6.45) is 2.22. The lowest BCUT2D eigenvalue weighted by Crippen LogP contribution is -2.61. The molecule has 0 aromatic carbocycles. The monoisotopic (exact) mass is 468 g/mol. The van der Waals surface area contributed by atoms with Gasteiger partial charge in [0.1, 0.15) is 0 Å². The van der Waals surface area contributed by atoms with Crippen LogP contribution in [0.3, 0.4) is 0 Å². The summed E-state index contributed by atoms with van der Waals surface area (Å²) in [4.78, 5) is 25.1. The van der Waals surface area contributed by atoms with Gasteiger partial charge in [0, 0.05) is 18.8 Å². The minimum Gasteiger partial charge on any atom is -0.390 e. The van der Waals surface area contributed by atoms with E-state index in [0.29, 0.717) is 30.0 Å². The van der Waals surface area contributed by atoms with Crippen molar-refractivity contribution in [2.24, 2.45) is 23.2 Å². The molecule has 4 saturated carbocycles. The first kappa shape index (κ1) is 23.8. The molecule has 7 nitrogen and oxygen atoms in total. The first-order valence-electron chi connectivity index (χ1n) is 11.5. The summed E-state index contributed by atoms with van der Waals surface area (Å²) >= 11 is 0. The summed E-state index contributed by atoms with van der Waals surface area (Å²) in [5, 5.41) is 20.0. The van der Waals surface area contributed by atoms with Crippen molar-refractivity contribution in [3.8, 4) is 0 Å². The minimum atomic E-state index is -4.82. The number of nitrogens with zero attached hydrogens (tertiary/aromatic N) is 2. The number of carbonyl (C=O) groups excluding carboxylic acids is 2. The van der Waals surface area contributed by atoms with Crippen LogP contribution in [0.5, 0.6) is 0 Å². The van der Waals surface area contributed by atoms with Crippen molar-refractivity contribution in [2.75, 3.05) is 6.54 Å². The van der Waals surface area contributed by atoms with Crippen molar-refractivity contribution in [1.29, 1.82) is 0 Å². The molecule has 1 heterocycles. The molecule has 1 aromatic heterocycles. The number of aromatic nitrogens is 2. The number of alkyl halides is 3. The highest BCUT2D eigenvalue weighted by Crippen LogP contribution is 2.55. The van der Waals surface area contributed by atoms with Crippen LogP contribution >= 0.6 is 0 Å². The molecule has 4 aliphatic rings. The van der Waals surface area contributed by atoms with Gasteiger partial charge in [-0.2, -0.15) is 18.3 Å². The van der Waals surface area contributed by atoms with Gasteiger partial charge in [-0.25, -0.2) is 4.68 Å². The van der Waals surface area contributed by atoms with Crippen LogP contribution < -0.4 is 10.6 Å². The van der Waals surface area contributed by atoms with E-state index in [1.807, 2.05) is 0 Å². The Morgan fingerprint density at radius 3 is 2.42 bits per heavy atom. The fraction of sp³-hybridized carbons (Fsp3) is 0.696. The van der Waals surface area contributed by atoms with Crippen molar-refractivity contribution in [1.82, 2.24) is 20.4 Å². The molecular weight excluding hydrogens is 437 g/mol. The molecule has 33 heavy (non-hydrogen) atoms. The summed E-state index contributed by atoms with van der Waals surface area (Å²) in [6.45, 7) is 5.32. The predicted molar refractivity (Wildman–Crippen MR) is 115 cm³/mol. The lowest BCUT2D eigenvalue weighted by Gasteiger charge is -2.58. The Morgan fingerprint density at radius 1 is 1.24 bits per heavy atom. The highest BCUT2D eigenvalue weighted by molar-refractivity contribution is 5.95. The molecule has 2 atom stereocenters. The van der Waals surface area contributed by atoms with Crippen molar-refractivity contribution >= 4 is 18.0 Å². The molecule has 1 aromatic rings. The second-order valence-corrected chi connectivity index (χ2v) is 10.4. The molecule has 182 valence electrons. The third-order valence-corrected chi connectivity index (χ3v) is 7.40. The van der Waals surface area contributed by atoms with E-state index >= 15 is 0 Å². The maximum Gasteiger partial charge on any atom is 0.434 e. The topological polar surface area (TPSA) is 96.2 Å². The summed E-state index contributed by atoms with van der Waals surface area (Å²) < 4.78 is 42.4. The number of nitrogens with one attached hydrogen (secondary N) is 2. The van der Waals surface area contributed by atoms with Crippen LogP contribution in [0.1, 0.15) is 68.9 Å². The lowest BCUT2D eigenvalue weighted by atomic mass is 9.52. The second-order valence-electron chi connectivity index (χ2n) is 10.4. The van der Waals surface area contributed by atoms with E-state index in [1.165, 1.54) is 6.08 Å². The molecule has 4 bridgehead atoms. The van der Waals surface area contributed by atoms with Crippen molar-refractivity contribution in [3.63, 3.8) is 0 Å². The van der Waals surface area contributed by atoms with E-state index < -0.39 is 34.4 Å². The third kappa shape index (κ3) is 4.54. The summed E-state index contributed by atoms with van der Waals surface area (Å²) in [7, 11) is 0. The molecule has 0 spiro atoms. The number of aliphatic hydroxyl groups is 1. The van der Waals surface area contributed by atoms with E-state index in [4.69, 9.17) is 0 Å². The zero-order valence-corrected chi connectivity index (χ0v) is 19.1. The van der Waals surface area contributed by atoms with Crippen molar-refractivity contribution in [3.05, 3.63) is 23.5 Å². The van der Waals surface area contributed by atoms with Crippen LogP contribution in [0, 0.1) is 23.2 Å². The van der Waals surface area contributed by atoms with Crippen LogP contribution in [0.4, 0.5) is 13.2 Å². The Balaban J connectivity index is 1.56. The van der Waals surface area contributed by atoms with Crippen LogP contribution in [0.15, 0.2) is 12.3 Å². The van der Waals surface area contributed by atoms with E-state index in [1.54, 1.807) is 20.8 Å². The molecule has 0 saturated heterocycles. The first-order valence-corrected chi connectivity index (χ1v) is 11.5. The standard InChI is InChI=1S/C23H31F3N4O3/c1-4-27-20(32)21(2,3)5-6-30-18(23(24,25)26)16(12-28-30)19(31)29-17-14-7-13-8-15(17)11-22(33,9-13)10-14/h5-6,12-15,17,33H,4,7-11H2,1-3H3,(H,27,32)(H,29,31). The van der Waals surface area contributed by atoms with Crippen molar-refractivity contribution in [2.45, 2.75) is 70.7 Å². The molecular formula is C23H31F3N4O3. The largest absolute Gasteiger partial charge is 0.434 e. The fourth-order valence-electron chi connectivity index (χ4n) is 6.09. The highest BCUT2D eigenvalue weighted by atomic mass is 19.4. The maximum atomic E-state index is 13.9. The molecule has 3 N–H and O–H groups in total. The van der Waals surface area contributed by atoms with E-state index in [-0.39, 0.29) is 23.8 Å². The fourth-order valence-corrected chi connectivity index (χ4v) is 6.09. The number of carbonyl (C=O) groups is 2.